The van der Waals surface area contributed by atoms with Gasteiger partial charge in [0.25, 0.3) is 0 Å². The van der Waals surface area contributed by atoms with Gasteiger partial charge in [0.05, 0.1) is 11.2 Å². The fraction of sp³-hybridized carbons (Fsp3) is 0.350. The molecule has 2 aromatic carbocycles. The number of halogens is 5. The molecule has 0 atom stereocenters. The number of carbonyl (C=O) groups is 1. The standard InChI is InChI=1S/C20H19F5N2O3/c21-14-3-1-13(2-4-14)19(7-9-29-10-8-19)27-18(28)26-16-6-5-15(22)11-17(16)30-12-20(23,24)25/h1-6,11H,7-10,12H2,(H2,26,27,28). The molecule has 162 valence electrons. The third-order valence-electron chi connectivity index (χ3n) is 4.68. The van der Waals surface area contributed by atoms with E-state index in [0.29, 0.717) is 31.6 Å². The number of rotatable bonds is 5. The molecule has 0 aliphatic carbocycles. The van der Waals surface area contributed by atoms with Crippen LogP contribution in [0.25, 0.3) is 0 Å². The van der Waals surface area contributed by atoms with Gasteiger partial charge in [0, 0.05) is 19.3 Å². The van der Waals surface area contributed by atoms with Gasteiger partial charge in [-0.15, -0.1) is 0 Å². The first kappa shape index (κ1) is 21.8. The van der Waals surface area contributed by atoms with Gasteiger partial charge in [-0.25, -0.2) is 13.6 Å². The van der Waals surface area contributed by atoms with Crippen molar-refractivity contribution in [3.05, 3.63) is 59.7 Å². The summed E-state index contributed by atoms with van der Waals surface area (Å²) >= 11 is 0. The van der Waals surface area contributed by atoms with Gasteiger partial charge in [-0.05, 0) is 42.7 Å². The molecule has 0 saturated carbocycles. The van der Waals surface area contributed by atoms with Crippen molar-refractivity contribution >= 4 is 11.7 Å². The number of amides is 2. The van der Waals surface area contributed by atoms with Gasteiger partial charge >= 0.3 is 12.2 Å². The van der Waals surface area contributed by atoms with E-state index in [1.807, 2.05) is 0 Å². The van der Waals surface area contributed by atoms with Crippen LogP contribution in [0, 0.1) is 11.6 Å². The maximum Gasteiger partial charge on any atom is 0.422 e. The number of ether oxygens (including phenoxy) is 2. The Labute approximate surface area is 169 Å². The van der Waals surface area contributed by atoms with Crippen LogP contribution in [-0.2, 0) is 10.3 Å². The average molecular weight is 430 g/mol. The molecule has 1 saturated heterocycles. The lowest BCUT2D eigenvalue weighted by molar-refractivity contribution is -0.153. The molecule has 10 heteroatoms. The van der Waals surface area contributed by atoms with Crippen LogP contribution < -0.4 is 15.4 Å². The summed E-state index contributed by atoms with van der Waals surface area (Å²) in [4.78, 5) is 12.7. The van der Waals surface area contributed by atoms with Crippen molar-refractivity contribution in [3.63, 3.8) is 0 Å². The Morgan fingerprint density at radius 2 is 1.67 bits per heavy atom. The van der Waals surface area contributed by atoms with E-state index in [2.05, 4.69) is 15.4 Å². The molecule has 0 spiro atoms. The lowest BCUT2D eigenvalue weighted by Gasteiger charge is -2.38. The van der Waals surface area contributed by atoms with Crippen molar-refractivity contribution < 1.29 is 36.2 Å². The summed E-state index contributed by atoms with van der Waals surface area (Å²) in [5, 5.41) is 5.21. The molecule has 2 N–H and O–H groups in total. The van der Waals surface area contributed by atoms with E-state index in [1.165, 1.54) is 12.1 Å². The third kappa shape index (κ3) is 5.59. The SMILES string of the molecule is O=C(Nc1ccc(F)cc1OCC(F)(F)F)NC1(c2ccc(F)cc2)CCOCC1. The smallest absolute Gasteiger partial charge is 0.422 e. The second kappa shape index (κ2) is 8.86. The number of alkyl halides is 3. The number of anilines is 1. The number of nitrogens with one attached hydrogen (secondary N) is 2. The van der Waals surface area contributed by atoms with Crippen molar-refractivity contribution in [3.8, 4) is 5.75 Å². The zero-order chi connectivity index (χ0) is 21.8. The summed E-state index contributed by atoms with van der Waals surface area (Å²) in [5.41, 5.74) is -0.322. The Hall–Kier alpha value is -2.88. The van der Waals surface area contributed by atoms with Gasteiger partial charge in [-0.1, -0.05) is 12.1 Å². The Bertz CT molecular complexity index is 881. The van der Waals surface area contributed by atoms with Crippen LogP contribution in [0.2, 0.25) is 0 Å². The second-order valence-corrected chi connectivity index (χ2v) is 6.82. The number of benzene rings is 2. The summed E-state index contributed by atoms with van der Waals surface area (Å²) < 4.78 is 74.1. The van der Waals surface area contributed by atoms with E-state index in [1.54, 1.807) is 12.1 Å². The van der Waals surface area contributed by atoms with Gasteiger partial charge in [0.1, 0.15) is 17.4 Å². The minimum atomic E-state index is -4.62. The van der Waals surface area contributed by atoms with E-state index < -0.39 is 41.7 Å². The van der Waals surface area contributed by atoms with Crippen LogP contribution in [0.15, 0.2) is 42.5 Å². The second-order valence-electron chi connectivity index (χ2n) is 6.82. The third-order valence-corrected chi connectivity index (χ3v) is 4.68. The van der Waals surface area contributed by atoms with Crippen molar-refractivity contribution in [2.75, 3.05) is 25.1 Å². The Morgan fingerprint density at radius 1 is 1.03 bits per heavy atom. The zero-order valence-electron chi connectivity index (χ0n) is 15.7. The minimum absolute atomic E-state index is 0.125. The lowest BCUT2D eigenvalue weighted by atomic mass is 9.83. The summed E-state index contributed by atoms with van der Waals surface area (Å²) in [6, 6.07) is 7.77. The Kier molecular flexibility index (Phi) is 6.45. The number of carbonyl (C=O) groups excluding carboxylic acids is 1. The number of hydrogen-bond acceptors (Lipinski definition) is 3. The molecule has 30 heavy (non-hydrogen) atoms. The monoisotopic (exact) mass is 430 g/mol. The predicted molar refractivity (Wildman–Crippen MR) is 98.2 cm³/mol. The average Bonchev–Trinajstić information content (AvgIpc) is 2.68. The zero-order valence-corrected chi connectivity index (χ0v) is 15.7. The van der Waals surface area contributed by atoms with Crippen LogP contribution in [-0.4, -0.2) is 32.0 Å². The summed E-state index contributed by atoms with van der Waals surface area (Å²) in [5.74, 6) is -1.70. The predicted octanol–water partition coefficient (Wildman–Crippen LogP) is 4.73. The van der Waals surface area contributed by atoms with Crippen molar-refractivity contribution in [2.24, 2.45) is 0 Å². The van der Waals surface area contributed by atoms with E-state index in [9.17, 15) is 26.7 Å². The molecule has 1 fully saturated rings. The molecule has 3 rings (SSSR count). The van der Waals surface area contributed by atoms with Crippen LogP contribution >= 0.6 is 0 Å². The number of hydrogen-bond donors (Lipinski definition) is 2. The molecule has 1 aliphatic heterocycles. The number of urea groups is 1. The van der Waals surface area contributed by atoms with Crippen LogP contribution in [0.4, 0.5) is 32.4 Å². The molecule has 0 aromatic heterocycles. The highest BCUT2D eigenvalue weighted by Crippen LogP contribution is 2.33. The summed E-state index contributed by atoms with van der Waals surface area (Å²) in [7, 11) is 0. The van der Waals surface area contributed by atoms with Gasteiger partial charge in [0.2, 0.25) is 0 Å². The molecule has 0 bridgehead atoms. The lowest BCUT2D eigenvalue weighted by Crippen LogP contribution is -2.50. The topological polar surface area (TPSA) is 59.6 Å². The van der Waals surface area contributed by atoms with E-state index in [0.717, 1.165) is 18.2 Å². The molecule has 0 radical (unpaired) electrons. The summed E-state index contributed by atoms with van der Waals surface area (Å²) in [6.45, 7) is -0.925. The van der Waals surface area contributed by atoms with Gasteiger partial charge < -0.3 is 20.1 Å². The molecule has 2 aromatic rings. The highest BCUT2D eigenvalue weighted by molar-refractivity contribution is 5.91. The van der Waals surface area contributed by atoms with Gasteiger partial charge in [-0.3, -0.25) is 0 Å². The molecule has 1 aliphatic rings. The maximum absolute atomic E-state index is 13.5. The van der Waals surface area contributed by atoms with Gasteiger partial charge in [-0.2, -0.15) is 13.2 Å². The van der Waals surface area contributed by atoms with Crippen LogP contribution in [0.1, 0.15) is 18.4 Å². The Balaban J connectivity index is 1.78. The normalized spacial score (nSPS) is 16.0. The van der Waals surface area contributed by atoms with Crippen molar-refractivity contribution in [2.45, 2.75) is 24.6 Å². The quantitative estimate of drug-likeness (QED) is 0.675. The fourth-order valence-electron chi connectivity index (χ4n) is 3.22. The highest BCUT2D eigenvalue weighted by atomic mass is 19.4. The molecule has 0 unspecified atom stereocenters. The first-order chi connectivity index (χ1) is 14.2. The highest BCUT2D eigenvalue weighted by Gasteiger charge is 2.36. The first-order valence-electron chi connectivity index (χ1n) is 9.09. The van der Waals surface area contributed by atoms with Crippen molar-refractivity contribution in [1.29, 1.82) is 0 Å². The first-order valence-corrected chi connectivity index (χ1v) is 9.09. The minimum Gasteiger partial charge on any atom is -0.482 e. The molecule has 5 nitrogen and oxygen atoms in total. The Morgan fingerprint density at radius 3 is 2.30 bits per heavy atom. The fourth-order valence-corrected chi connectivity index (χ4v) is 3.22. The molecular formula is C20H19F5N2O3. The van der Waals surface area contributed by atoms with E-state index in [4.69, 9.17) is 4.74 Å². The molecular weight excluding hydrogens is 411 g/mol. The summed E-state index contributed by atoms with van der Waals surface area (Å²) in [6.07, 6.45) is -3.81. The maximum atomic E-state index is 13.5. The largest absolute Gasteiger partial charge is 0.482 e. The van der Waals surface area contributed by atoms with Crippen LogP contribution in [0.3, 0.4) is 0 Å². The van der Waals surface area contributed by atoms with E-state index >= 15 is 0 Å². The van der Waals surface area contributed by atoms with Crippen LogP contribution in [0.5, 0.6) is 5.75 Å². The molecule has 1 heterocycles. The van der Waals surface area contributed by atoms with Gasteiger partial charge in [0.15, 0.2) is 6.61 Å². The van der Waals surface area contributed by atoms with Crippen molar-refractivity contribution in [1.82, 2.24) is 5.32 Å². The van der Waals surface area contributed by atoms with E-state index in [-0.39, 0.29) is 5.69 Å². The molecule has 2 amide bonds.